The number of carbonyl (C=O) groups is 1. The van der Waals surface area contributed by atoms with Gasteiger partial charge >= 0.3 is 0 Å². The maximum absolute atomic E-state index is 13.2. The van der Waals surface area contributed by atoms with Crippen LogP contribution in [0.2, 0.25) is 0 Å². The molecule has 3 heterocycles. The van der Waals surface area contributed by atoms with E-state index in [0.717, 1.165) is 41.9 Å². The van der Waals surface area contributed by atoms with Gasteiger partial charge in [-0.25, -0.2) is 4.39 Å². The van der Waals surface area contributed by atoms with Crippen molar-refractivity contribution in [2.45, 2.75) is 39.3 Å². The Bertz CT molecular complexity index is 959. The zero-order valence-corrected chi connectivity index (χ0v) is 17.1. The molecule has 3 nitrogen and oxygen atoms in total. The average molecular weight is 397 g/mol. The molecular weight excluding hydrogens is 371 g/mol. The van der Waals surface area contributed by atoms with E-state index in [1.165, 1.54) is 17.0 Å². The van der Waals surface area contributed by atoms with Crippen molar-refractivity contribution in [3.05, 3.63) is 81.1 Å². The average Bonchev–Trinajstić information content (AvgIpc) is 3.40. The Kier molecular flexibility index (Phi) is 5.47. The van der Waals surface area contributed by atoms with E-state index in [9.17, 15) is 9.18 Å². The number of nitrogens with zero attached hydrogens (tertiary/aromatic N) is 2. The molecule has 1 aliphatic heterocycles. The molecule has 0 radical (unpaired) electrons. The van der Waals surface area contributed by atoms with Crippen molar-refractivity contribution < 1.29 is 9.18 Å². The molecule has 2 aromatic heterocycles. The van der Waals surface area contributed by atoms with Crippen molar-refractivity contribution in [2.24, 2.45) is 0 Å². The number of rotatable bonds is 6. The number of Topliss-reactive ketones (excluding diaryl/α,β-unsaturated/α-hetero) is 1. The smallest absolute Gasteiger partial charge is 0.178 e. The molecule has 1 unspecified atom stereocenters. The van der Waals surface area contributed by atoms with Gasteiger partial charge in [0, 0.05) is 34.4 Å². The minimum atomic E-state index is -0.230. The Labute approximate surface area is 169 Å². The SMILES string of the molecule is Cc1cc(C(=O)CN2CCCC2c2cccs2)c(C)n1Cc1ccc(F)cc1. The normalized spacial score (nSPS) is 17.3. The second kappa shape index (κ2) is 8.02. The number of hydrogen-bond acceptors (Lipinski definition) is 3. The minimum absolute atomic E-state index is 0.182. The van der Waals surface area contributed by atoms with Gasteiger partial charge in [-0.2, -0.15) is 0 Å². The van der Waals surface area contributed by atoms with E-state index in [1.807, 2.05) is 19.9 Å². The molecule has 1 aromatic carbocycles. The summed E-state index contributed by atoms with van der Waals surface area (Å²) in [6.45, 7) is 6.11. The molecule has 146 valence electrons. The van der Waals surface area contributed by atoms with Crippen molar-refractivity contribution >= 4 is 17.1 Å². The van der Waals surface area contributed by atoms with Gasteiger partial charge in [0.1, 0.15) is 5.82 Å². The first-order valence-electron chi connectivity index (χ1n) is 9.75. The highest BCUT2D eigenvalue weighted by atomic mass is 32.1. The van der Waals surface area contributed by atoms with E-state index in [4.69, 9.17) is 0 Å². The van der Waals surface area contributed by atoms with Gasteiger partial charge in [0.25, 0.3) is 0 Å². The van der Waals surface area contributed by atoms with Crippen LogP contribution in [0.15, 0.2) is 47.8 Å². The lowest BCUT2D eigenvalue weighted by Crippen LogP contribution is -2.29. The number of likely N-dealkylation sites (tertiary alicyclic amines) is 1. The highest BCUT2D eigenvalue weighted by Gasteiger charge is 2.29. The van der Waals surface area contributed by atoms with E-state index >= 15 is 0 Å². The zero-order valence-electron chi connectivity index (χ0n) is 16.3. The Morgan fingerprint density at radius 2 is 2.00 bits per heavy atom. The molecule has 28 heavy (non-hydrogen) atoms. The van der Waals surface area contributed by atoms with Crippen LogP contribution in [0.25, 0.3) is 0 Å². The monoisotopic (exact) mass is 396 g/mol. The van der Waals surface area contributed by atoms with Crippen molar-refractivity contribution in [2.75, 3.05) is 13.1 Å². The number of aryl methyl sites for hydroxylation is 1. The molecule has 1 saturated heterocycles. The lowest BCUT2D eigenvalue weighted by Gasteiger charge is -2.22. The van der Waals surface area contributed by atoms with Crippen molar-refractivity contribution in [1.82, 2.24) is 9.47 Å². The fraction of sp³-hybridized carbons (Fsp3) is 0.348. The molecule has 1 atom stereocenters. The van der Waals surface area contributed by atoms with Gasteiger partial charge < -0.3 is 4.57 Å². The summed E-state index contributed by atoms with van der Waals surface area (Å²) in [7, 11) is 0. The van der Waals surface area contributed by atoms with Crippen LogP contribution in [0.4, 0.5) is 4.39 Å². The second-order valence-electron chi connectivity index (χ2n) is 7.56. The molecule has 4 rings (SSSR count). The van der Waals surface area contributed by atoms with E-state index in [1.54, 1.807) is 23.5 Å². The van der Waals surface area contributed by atoms with Gasteiger partial charge in [-0.3, -0.25) is 9.69 Å². The Morgan fingerprint density at radius 3 is 2.71 bits per heavy atom. The molecule has 0 N–H and O–H groups in total. The minimum Gasteiger partial charge on any atom is -0.344 e. The number of benzene rings is 1. The molecule has 1 fully saturated rings. The number of aromatic nitrogens is 1. The summed E-state index contributed by atoms with van der Waals surface area (Å²) in [4.78, 5) is 16.8. The van der Waals surface area contributed by atoms with Crippen LogP contribution in [0.5, 0.6) is 0 Å². The summed E-state index contributed by atoms with van der Waals surface area (Å²) in [6.07, 6.45) is 2.26. The summed E-state index contributed by atoms with van der Waals surface area (Å²) in [5.74, 6) is -0.0478. The third kappa shape index (κ3) is 3.82. The van der Waals surface area contributed by atoms with Crippen LogP contribution < -0.4 is 0 Å². The molecular formula is C23H25FN2OS. The summed E-state index contributed by atoms with van der Waals surface area (Å²) in [6, 6.07) is 13.2. The number of halogens is 1. The summed E-state index contributed by atoms with van der Waals surface area (Å²) < 4.78 is 15.3. The Morgan fingerprint density at radius 1 is 1.21 bits per heavy atom. The van der Waals surface area contributed by atoms with Crippen LogP contribution in [-0.4, -0.2) is 28.3 Å². The van der Waals surface area contributed by atoms with Gasteiger partial charge in [0.05, 0.1) is 6.54 Å². The van der Waals surface area contributed by atoms with Crippen LogP contribution in [0.3, 0.4) is 0 Å². The molecule has 0 bridgehead atoms. The van der Waals surface area contributed by atoms with Gasteiger partial charge in [-0.15, -0.1) is 11.3 Å². The number of hydrogen-bond donors (Lipinski definition) is 0. The van der Waals surface area contributed by atoms with Crippen LogP contribution in [-0.2, 0) is 6.54 Å². The molecule has 0 amide bonds. The topological polar surface area (TPSA) is 25.2 Å². The summed E-state index contributed by atoms with van der Waals surface area (Å²) >= 11 is 1.77. The maximum atomic E-state index is 13.2. The van der Waals surface area contributed by atoms with Crippen LogP contribution >= 0.6 is 11.3 Å². The predicted octanol–water partition coefficient (Wildman–Crippen LogP) is 5.37. The lowest BCUT2D eigenvalue weighted by atomic mass is 10.1. The zero-order chi connectivity index (χ0) is 19.7. The van der Waals surface area contributed by atoms with E-state index < -0.39 is 0 Å². The molecule has 3 aromatic rings. The summed E-state index contributed by atoms with van der Waals surface area (Å²) in [5.41, 5.74) is 3.87. The maximum Gasteiger partial charge on any atom is 0.178 e. The Balaban J connectivity index is 1.51. The van der Waals surface area contributed by atoms with E-state index in [-0.39, 0.29) is 11.6 Å². The van der Waals surface area contributed by atoms with Gasteiger partial charge in [0.15, 0.2) is 5.78 Å². The number of carbonyl (C=O) groups excluding carboxylic acids is 1. The number of ketones is 1. The van der Waals surface area contributed by atoms with Gasteiger partial charge in [0.2, 0.25) is 0 Å². The van der Waals surface area contributed by atoms with Crippen molar-refractivity contribution in [3.8, 4) is 0 Å². The molecule has 0 aliphatic carbocycles. The van der Waals surface area contributed by atoms with E-state index in [2.05, 4.69) is 27.0 Å². The third-order valence-corrected chi connectivity index (χ3v) is 6.68. The first-order valence-corrected chi connectivity index (χ1v) is 10.6. The second-order valence-corrected chi connectivity index (χ2v) is 8.54. The molecule has 5 heteroatoms. The third-order valence-electron chi connectivity index (χ3n) is 5.71. The quantitative estimate of drug-likeness (QED) is 0.523. The lowest BCUT2D eigenvalue weighted by molar-refractivity contribution is 0.0922. The van der Waals surface area contributed by atoms with E-state index in [0.29, 0.717) is 19.1 Å². The summed E-state index contributed by atoms with van der Waals surface area (Å²) in [5, 5.41) is 2.11. The fourth-order valence-corrected chi connectivity index (χ4v) is 5.08. The number of thiophene rings is 1. The van der Waals surface area contributed by atoms with Gasteiger partial charge in [-0.1, -0.05) is 18.2 Å². The van der Waals surface area contributed by atoms with Crippen LogP contribution in [0.1, 0.15) is 51.1 Å². The molecule has 0 saturated carbocycles. The van der Waals surface area contributed by atoms with Crippen LogP contribution in [0, 0.1) is 19.7 Å². The fourth-order valence-electron chi connectivity index (χ4n) is 4.19. The first kappa shape index (κ1) is 19.1. The van der Waals surface area contributed by atoms with Crippen molar-refractivity contribution in [1.29, 1.82) is 0 Å². The first-order chi connectivity index (χ1) is 13.5. The molecule has 0 spiro atoms. The van der Waals surface area contributed by atoms with Gasteiger partial charge in [-0.05, 0) is 68.4 Å². The Hall–Kier alpha value is -2.24. The highest BCUT2D eigenvalue weighted by molar-refractivity contribution is 7.10. The standard InChI is InChI=1S/C23H25FN2OS/c1-16-13-20(17(2)26(16)14-18-7-9-19(24)10-8-18)22(27)15-25-11-3-5-21(25)23-6-4-12-28-23/h4,6-10,12-13,21H,3,5,11,14-15H2,1-2H3. The highest BCUT2D eigenvalue weighted by Crippen LogP contribution is 2.34. The molecule has 1 aliphatic rings. The largest absolute Gasteiger partial charge is 0.344 e. The van der Waals surface area contributed by atoms with Crippen molar-refractivity contribution in [3.63, 3.8) is 0 Å². The predicted molar refractivity (Wildman–Crippen MR) is 112 cm³/mol.